The molecule has 64 heavy (non-hydrogen) atoms. The number of phenolic OH excluding ortho intramolecular Hbond substituents is 1. The minimum atomic E-state index is -5.19. The topological polar surface area (TPSA) is 404 Å². The van der Waals surface area contributed by atoms with Crippen LogP contribution in [0.3, 0.4) is 0 Å². The van der Waals surface area contributed by atoms with Crippen LogP contribution in [0.15, 0.2) is 94.6 Å². The summed E-state index contributed by atoms with van der Waals surface area (Å²) in [4.78, 5) is 10.7. The summed E-state index contributed by atoms with van der Waals surface area (Å²) in [5.41, 5.74) is 3.54. The molecule has 0 spiro atoms. The Hall–Kier alpha value is -5.69. The van der Waals surface area contributed by atoms with Crippen LogP contribution in [0, 0.1) is 6.08 Å². The third-order valence-corrected chi connectivity index (χ3v) is 13.0. The minimum absolute atomic E-state index is 0.0206. The van der Waals surface area contributed by atoms with Crippen LogP contribution in [0.1, 0.15) is 0 Å². The van der Waals surface area contributed by atoms with Crippen LogP contribution in [0.2, 0.25) is 0 Å². The number of nitrogens with one attached hydrogen (secondary N) is 1. The van der Waals surface area contributed by atoms with Crippen LogP contribution < -0.4 is 16.0 Å². The van der Waals surface area contributed by atoms with Gasteiger partial charge in [0.15, 0.2) is 15.6 Å². The third-order valence-electron chi connectivity index (χ3n) is 8.43. The number of morpholine rings is 1. The van der Waals surface area contributed by atoms with Gasteiger partial charge in [0.05, 0.1) is 64.2 Å². The summed E-state index contributed by atoms with van der Waals surface area (Å²) in [7, 11) is -19.3. The molecule has 0 unspecified atom stereocenters. The van der Waals surface area contributed by atoms with Gasteiger partial charge in [-0.1, -0.05) is 5.04 Å². The molecule has 6 rings (SSSR count). The number of nitrogen functional groups attached to an aromatic ring is 1. The van der Waals surface area contributed by atoms with E-state index in [-0.39, 0.29) is 50.5 Å². The van der Waals surface area contributed by atoms with Gasteiger partial charge >= 0.3 is 16.5 Å². The molecular weight excluding hydrogens is 964 g/mol. The van der Waals surface area contributed by atoms with Crippen molar-refractivity contribution in [2.45, 2.75) is 19.6 Å². The Morgan fingerprint density at radius 2 is 1.52 bits per heavy atom. The van der Waals surface area contributed by atoms with Gasteiger partial charge in [0.1, 0.15) is 26.9 Å². The summed E-state index contributed by atoms with van der Waals surface area (Å²) in [5.74, 6) is -2.12. The van der Waals surface area contributed by atoms with Crippen LogP contribution in [-0.2, 0) is 58.8 Å². The smallest absolute Gasteiger partial charge is 0.397 e. The van der Waals surface area contributed by atoms with Crippen molar-refractivity contribution in [1.82, 2.24) is 15.0 Å². The van der Waals surface area contributed by atoms with Gasteiger partial charge in [-0.25, -0.2) is 17.9 Å². The van der Waals surface area contributed by atoms with Crippen LogP contribution in [0.5, 0.6) is 5.75 Å². The summed E-state index contributed by atoms with van der Waals surface area (Å²) in [6, 6.07) is 9.17. The van der Waals surface area contributed by atoms with Gasteiger partial charge in [-0.3, -0.25) is 13.7 Å². The maximum absolute atomic E-state index is 14.5. The molecule has 1 aliphatic heterocycles. The highest BCUT2D eigenvalue weighted by atomic mass is 32.3. The second kappa shape index (κ2) is 19.2. The zero-order valence-electron chi connectivity index (χ0n) is 31.6. The molecule has 0 aliphatic carbocycles. The largest absolute Gasteiger partial charge is 0.505 e. The molecule has 0 radical (unpaired) electrons. The van der Waals surface area contributed by atoms with E-state index >= 15 is 0 Å². The number of benzene rings is 4. The van der Waals surface area contributed by atoms with Gasteiger partial charge in [0.25, 0.3) is 20.2 Å². The lowest BCUT2D eigenvalue weighted by Crippen LogP contribution is -2.37. The average Bonchev–Trinajstić information content (AvgIpc) is 3.21. The lowest BCUT2D eigenvalue weighted by Gasteiger charge is -2.26. The molecule has 1 aromatic heterocycles. The molecule has 342 valence electrons. The van der Waals surface area contributed by atoms with Crippen molar-refractivity contribution in [3.8, 4) is 5.75 Å². The first kappa shape index (κ1) is 47.8. The molecule has 1 aliphatic rings. The van der Waals surface area contributed by atoms with E-state index < -0.39 is 103 Å². The Kier molecular flexibility index (Phi) is 14.3. The number of hydrogen-bond acceptors (Lipinski definition) is 25. The number of anilines is 4. The molecule has 5 aromatic rings. The SMILES string of the molecule is Nc1c(N=Nc2ccc(S(=O)(=O)CCOS(=O)(=O)O)cc2)c(S(=O)(=O)O)cc2cc(SOOO)c(N=Nc3cc(Nc4nc(F)nc(N5CCOCC5)n4)ccc3S(=O)(=O)O)c(O)c12. The molecule has 8 N–H and O–H groups in total. The Morgan fingerprint density at radius 3 is 2.16 bits per heavy atom. The number of aromatic hydroxyl groups is 1. The summed E-state index contributed by atoms with van der Waals surface area (Å²) in [6.07, 6.45) is -1.15. The van der Waals surface area contributed by atoms with Crippen molar-refractivity contribution >= 4 is 109 Å². The number of halogens is 1. The van der Waals surface area contributed by atoms with Crippen LogP contribution in [-0.4, -0.2) is 111 Å². The number of hydrogen-bond donors (Lipinski definition) is 7. The summed E-state index contributed by atoms with van der Waals surface area (Å²) >= 11 is 0.161. The van der Waals surface area contributed by atoms with E-state index in [4.69, 9.17) is 20.3 Å². The second-order valence-electron chi connectivity index (χ2n) is 12.6. The molecule has 2 heterocycles. The first-order valence-electron chi connectivity index (χ1n) is 17.2. The fourth-order valence-corrected chi connectivity index (χ4v) is 8.90. The first-order valence-corrected chi connectivity index (χ1v) is 23.8. The Balaban J connectivity index is 1.40. The van der Waals surface area contributed by atoms with E-state index in [1.54, 1.807) is 4.90 Å². The molecule has 0 saturated carbocycles. The van der Waals surface area contributed by atoms with E-state index in [9.17, 15) is 52.3 Å². The lowest BCUT2D eigenvalue weighted by atomic mass is 10.1. The molecule has 0 amide bonds. The second-order valence-corrected chi connectivity index (χ2v) is 19.3. The van der Waals surface area contributed by atoms with Crippen molar-refractivity contribution in [2.24, 2.45) is 20.5 Å². The number of aromatic nitrogens is 3. The maximum Gasteiger partial charge on any atom is 0.397 e. The van der Waals surface area contributed by atoms with E-state index in [2.05, 4.69) is 54.3 Å². The number of rotatable bonds is 17. The predicted octanol–water partition coefficient (Wildman–Crippen LogP) is 4.38. The van der Waals surface area contributed by atoms with Crippen LogP contribution >= 0.6 is 12.0 Å². The van der Waals surface area contributed by atoms with E-state index in [1.807, 2.05) is 0 Å². The number of sulfone groups is 1. The van der Waals surface area contributed by atoms with E-state index in [0.29, 0.717) is 26.3 Å². The van der Waals surface area contributed by atoms with Gasteiger partial charge in [-0.15, -0.1) is 19.7 Å². The highest BCUT2D eigenvalue weighted by Crippen LogP contribution is 2.50. The molecule has 4 aromatic carbocycles. The number of phenols is 1. The summed E-state index contributed by atoms with van der Waals surface area (Å²) < 4.78 is 154. The maximum atomic E-state index is 14.5. The number of nitrogens with zero attached hydrogens (tertiary/aromatic N) is 8. The van der Waals surface area contributed by atoms with Crippen molar-refractivity contribution < 1.29 is 80.4 Å². The van der Waals surface area contributed by atoms with Gasteiger partial charge in [0.2, 0.25) is 11.9 Å². The van der Waals surface area contributed by atoms with Crippen molar-refractivity contribution in [3.63, 3.8) is 0 Å². The van der Waals surface area contributed by atoms with Crippen LogP contribution in [0.25, 0.3) is 10.8 Å². The predicted molar refractivity (Wildman–Crippen MR) is 217 cm³/mol. The van der Waals surface area contributed by atoms with Crippen molar-refractivity contribution in [1.29, 1.82) is 0 Å². The van der Waals surface area contributed by atoms with E-state index in [0.717, 1.165) is 54.6 Å². The summed E-state index contributed by atoms with van der Waals surface area (Å²) in [5, 5.41) is 41.6. The Morgan fingerprint density at radius 1 is 0.844 bits per heavy atom. The van der Waals surface area contributed by atoms with Crippen molar-refractivity contribution in [3.05, 3.63) is 60.7 Å². The van der Waals surface area contributed by atoms with Crippen LogP contribution in [0.4, 0.5) is 50.4 Å². The first-order chi connectivity index (χ1) is 30.0. The fraction of sp³-hybridized carbons (Fsp3) is 0.194. The van der Waals surface area contributed by atoms with Gasteiger partial charge in [-0.05, 0) is 60.0 Å². The molecule has 1 saturated heterocycles. The Labute approximate surface area is 364 Å². The number of fused-ring (bicyclic) bond motifs is 1. The van der Waals surface area contributed by atoms with Crippen molar-refractivity contribution in [2.75, 3.05) is 54.6 Å². The number of nitrogens with two attached hydrogens (primary N) is 1. The number of ether oxygens (including phenoxy) is 1. The zero-order chi connectivity index (χ0) is 46.6. The lowest BCUT2D eigenvalue weighted by molar-refractivity contribution is -0.432. The standard InChI is InChI=1S/C31H29FN10O17S5/c32-29-35-30(37-31(36-29)42-7-9-56-10-8-42)34-18-3-6-22(62(47,48)49)20(15-18)39-40-26-21(60-59-58-44)13-16-14-23(63(50,51)52)27(25(33)24(16)28(26)43)41-38-17-1-4-19(5-2-17)61(45,46)12-11-57-64(53,54)55/h1-6,13-15,43-44H,7-12,33H2,(H,47,48,49)(H,50,51,52)(H,53,54,55)(H,34,35,36,37). The third kappa shape index (κ3) is 11.7. The monoisotopic (exact) mass is 992 g/mol. The normalized spacial score (nSPS) is 14.2. The Bertz CT molecular complexity index is 3130. The number of azo groups is 2. The van der Waals surface area contributed by atoms with Gasteiger partial charge < -0.3 is 25.8 Å². The zero-order valence-corrected chi connectivity index (χ0v) is 35.7. The fourth-order valence-electron chi connectivity index (χ4n) is 5.64. The van der Waals surface area contributed by atoms with Gasteiger partial charge in [-0.2, -0.15) is 49.7 Å². The molecule has 33 heteroatoms. The molecule has 0 bridgehead atoms. The molecular formula is C31H29FN10O17S5. The van der Waals surface area contributed by atoms with E-state index in [1.165, 1.54) is 0 Å². The minimum Gasteiger partial charge on any atom is -0.505 e. The average molecular weight is 993 g/mol. The van der Waals surface area contributed by atoms with Gasteiger partial charge in [0, 0.05) is 18.8 Å². The molecule has 27 nitrogen and oxygen atoms in total. The highest BCUT2D eigenvalue weighted by molar-refractivity contribution is 7.94. The highest BCUT2D eigenvalue weighted by Gasteiger charge is 2.27. The molecule has 0 atom stereocenters. The molecule has 1 fully saturated rings. The quantitative estimate of drug-likeness (QED) is 0.0170. The summed E-state index contributed by atoms with van der Waals surface area (Å²) in [6.45, 7) is 0.459.